The third-order valence-electron chi connectivity index (χ3n) is 3.43. The Kier molecular flexibility index (Phi) is 3.69. The zero-order valence-corrected chi connectivity index (χ0v) is 12.7. The zero-order valence-electron chi connectivity index (χ0n) is 12.0. The van der Waals surface area contributed by atoms with Crippen molar-refractivity contribution in [1.29, 1.82) is 0 Å². The molecule has 1 aliphatic heterocycles. The van der Waals surface area contributed by atoms with Crippen LogP contribution in [-0.4, -0.2) is 65.7 Å². The lowest BCUT2D eigenvalue weighted by atomic mass is 10.3. The van der Waals surface area contributed by atoms with Crippen molar-refractivity contribution in [2.45, 2.75) is 0 Å². The van der Waals surface area contributed by atoms with Gasteiger partial charge in [-0.05, 0) is 16.8 Å². The molecule has 0 bridgehead atoms. The van der Waals surface area contributed by atoms with Crippen LogP contribution in [0, 0.1) is 5.21 Å². The van der Waals surface area contributed by atoms with Gasteiger partial charge in [0.25, 0.3) is 0 Å². The van der Waals surface area contributed by atoms with Crippen LogP contribution in [-0.2, 0) is 4.74 Å². The third-order valence-corrected chi connectivity index (χ3v) is 3.66. The minimum absolute atomic E-state index is 0.493. The molecule has 0 unspecified atom stereocenters. The second-order valence-corrected chi connectivity index (χ2v) is 5.54. The zero-order chi connectivity index (χ0) is 15.0. The van der Waals surface area contributed by atoms with Crippen LogP contribution in [0.4, 0.5) is 0 Å². The number of benzene rings is 1. The van der Waals surface area contributed by atoms with Crippen LogP contribution < -0.4 is 4.85 Å². The molecule has 0 atom stereocenters. The Morgan fingerprint density at radius 2 is 2.10 bits per heavy atom. The Hall–Kier alpha value is -1.86. The number of hydrogen-bond donors (Lipinski definition) is 0. The number of ether oxygens (including phenoxy) is 1. The molecule has 0 amide bonds. The standard InChI is InChI=1S/C13H17ClN5O2/c1-16(2)13(17-5-7-21-8-6-17)18-12-9-10(14)3-4-11(12)19(20)15-18/h3-4,9H,5-8H2,1-2H3/q+1. The third kappa shape index (κ3) is 2.54. The molecule has 1 saturated heterocycles. The van der Waals surface area contributed by atoms with Crippen molar-refractivity contribution in [1.82, 2.24) is 14.8 Å². The molecule has 0 spiro atoms. The molecule has 0 N–H and O–H groups in total. The monoisotopic (exact) mass is 310 g/mol. The maximum absolute atomic E-state index is 12.0. The first kappa shape index (κ1) is 14.1. The number of halogens is 1. The summed E-state index contributed by atoms with van der Waals surface area (Å²) in [4.78, 5) is 2.77. The van der Waals surface area contributed by atoms with E-state index in [1.165, 1.54) is 0 Å². The van der Waals surface area contributed by atoms with Gasteiger partial charge in [-0.1, -0.05) is 11.6 Å². The van der Waals surface area contributed by atoms with Crippen molar-refractivity contribution in [3.05, 3.63) is 28.4 Å². The number of aromatic nitrogens is 3. The van der Waals surface area contributed by atoms with Gasteiger partial charge in [-0.15, -0.1) is 4.85 Å². The van der Waals surface area contributed by atoms with Crippen molar-refractivity contribution in [2.75, 3.05) is 40.4 Å². The minimum atomic E-state index is 0.493. The van der Waals surface area contributed by atoms with Crippen LogP contribution in [0.1, 0.15) is 0 Å². The van der Waals surface area contributed by atoms with E-state index in [0.29, 0.717) is 34.1 Å². The highest BCUT2D eigenvalue weighted by molar-refractivity contribution is 6.31. The van der Waals surface area contributed by atoms with Crippen LogP contribution in [0.25, 0.3) is 11.0 Å². The van der Waals surface area contributed by atoms with Gasteiger partial charge in [-0.3, -0.25) is 9.48 Å². The summed E-state index contributed by atoms with van der Waals surface area (Å²) in [5.41, 5.74) is 1.18. The first-order chi connectivity index (χ1) is 10.1. The summed E-state index contributed by atoms with van der Waals surface area (Å²) in [6, 6.07) is 5.12. The summed E-state index contributed by atoms with van der Waals surface area (Å²) < 4.78 is 8.97. The van der Waals surface area contributed by atoms with Gasteiger partial charge in [0.05, 0.1) is 40.4 Å². The Balaban J connectivity index is 2.16. The highest BCUT2D eigenvalue weighted by atomic mass is 35.5. The van der Waals surface area contributed by atoms with E-state index >= 15 is 0 Å². The lowest BCUT2D eigenvalue weighted by molar-refractivity contribution is -0.645. The van der Waals surface area contributed by atoms with Crippen LogP contribution in [0.2, 0.25) is 5.02 Å². The molecular formula is C13H17ClN5O2+. The molecule has 1 aromatic carbocycles. The summed E-state index contributed by atoms with van der Waals surface area (Å²) >= 11 is 6.06. The summed E-state index contributed by atoms with van der Waals surface area (Å²) in [7, 11) is 3.86. The molecule has 8 heteroatoms. The van der Waals surface area contributed by atoms with Gasteiger partial charge in [-0.25, -0.2) is 0 Å². The van der Waals surface area contributed by atoms with Gasteiger partial charge in [0.1, 0.15) is 5.21 Å². The first-order valence-corrected chi connectivity index (χ1v) is 7.11. The summed E-state index contributed by atoms with van der Waals surface area (Å²) in [6.07, 6.45) is 0. The predicted octanol–water partition coefficient (Wildman–Crippen LogP) is 0.132. The van der Waals surface area contributed by atoms with Gasteiger partial charge in [-0.2, -0.15) is 0 Å². The fraction of sp³-hybridized carbons (Fsp3) is 0.462. The Labute approximate surface area is 127 Å². The predicted molar refractivity (Wildman–Crippen MR) is 78.6 cm³/mol. The van der Waals surface area contributed by atoms with E-state index in [1.54, 1.807) is 22.9 Å². The van der Waals surface area contributed by atoms with E-state index in [4.69, 9.17) is 16.3 Å². The SMILES string of the molecule is C[N+](C)=C(N1CCOCC1)n1n[n+]([O-])c2ccc(Cl)cc21. The fourth-order valence-corrected chi connectivity index (χ4v) is 2.69. The molecule has 1 fully saturated rings. The Bertz CT molecular complexity index is 702. The highest BCUT2D eigenvalue weighted by Gasteiger charge is 2.31. The molecule has 0 radical (unpaired) electrons. The molecule has 3 rings (SSSR count). The van der Waals surface area contributed by atoms with Gasteiger partial charge in [0.2, 0.25) is 11.0 Å². The topological polar surface area (TPSA) is 60.2 Å². The summed E-state index contributed by atoms with van der Waals surface area (Å²) in [5.74, 6) is 0.833. The number of rotatable bonds is 0. The van der Waals surface area contributed by atoms with E-state index in [-0.39, 0.29) is 0 Å². The van der Waals surface area contributed by atoms with E-state index in [9.17, 15) is 5.21 Å². The largest absolute Gasteiger partial charge is 0.691 e. The number of hydrogen-bond acceptors (Lipinski definition) is 3. The van der Waals surface area contributed by atoms with Gasteiger partial charge in [0.15, 0.2) is 0 Å². The number of nitrogens with zero attached hydrogens (tertiary/aromatic N) is 5. The lowest BCUT2D eigenvalue weighted by Gasteiger charge is -2.23. The summed E-state index contributed by atoms with van der Waals surface area (Å²) in [6.45, 7) is 2.84. The van der Waals surface area contributed by atoms with Crippen LogP contribution >= 0.6 is 11.6 Å². The van der Waals surface area contributed by atoms with Crippen molar-refractivity contribution >= 4 is 28.6 Å². The van der Waals surface area contributed by atoms with E-state index in [1.807, 2.05) is 18.7 Å². The molecule has 0 saturated carbocycles. The Morgan fingerprint density at radius 3 is 2.76 bits per heavy atom. The van der Waals surface area contributed by atoms with Crippen molar-refractivity contribution in [3.8, 4) is 0 Å². The molecule has 0 aliphatic carbocycles. The molecule has 112 valence electrons. The van der Waals surface area contributed by atoms with Crippen LogP contribution in [0.3, 0.4) is 0 Å². The average Bonchev–Trinajstić information content (AvgIpc) is 2.76. The van der Waals surface area contributed by atoms with Gasteiger partial charge in [0, 0.05) is 11.1 Å². The van der Waals surface area contributed by atoms with Crippen LogP contribution in [0.5, 0.6) is 0 Å². The van der Waals surface area contributed by atoms with Crippen LogP contribution in [0.15, 0.2) is 18.2 Å². The van der Waals surface area contributed by atoms with Crippen molar-refractivity contribution in [2.24, 2.45) is 0 Å². The molecule has 1 aromatic heterocycles. The smallest absolute Gasteiger partial charge is 0.412 e. The van der Waals surface area contributed by atoms with Crippen molar-refractivity contribution in [3.63, 3.8) is 0 Å². The second kappa shape index (κ2) is 5.50. The fourth-order valence-electron chi connectivity index (χ4n) is 2.52. The van der Waals surface area contributed by atoms with Crippen molar-refractivity contribution < 1.29 is 14.2 Å². The Morgan fingerprint density at radius 1 is 1.38 bits per heavy atom. The number of fused-ring (bicyclic) bond motifs is 1. The maximum atomic E-state index is 12.0. The number of morpholine rings is 1. The van der Waals surface area contributed by atoms with E-state index in [0.717, 1.165) is 19.0 Å². The van der Waals surface area contributed by atoms with Gasteiger partial charge >= 0.3 is 5.96 Å². The molecular weight excluding hydrogens is 294 g/mol. The average molecular weight is 311 g/mol. The molecule has 7 nitrogen and oxygen atoms in total. The summed E-state index contributed by atoms with van der Waals surface area (Å²) in [5, 5.41) is 16.6. The second-order valence-electron chi connectivity index (χ2n) is 5.10. The molecule has 21 heavy (non-hydrogen) atoms. The lowest BCUT2D eigenvalue weighted by Crippen LogP contribution is -2.48. The quantitative estimate of drug-likeness (QED) is 0.300. The highest BCUT2D eigenvalue weighted by Crippen LogP contribution is 2.17. The molecule has 2 aromatic rings. The van der Waals surface area contributed by atoms with Gasteiger partial charge < -0.3 is 9.94 Å². The van der Waals surface area contributed by atoms with E-state index in [2.05, 4.69) is 10.1 Å². The first-order valence-electron chi connectivity index (χ1n) is 6.73. The maximum Gasteiger partial charge on any atom is 0.412 e. The minimum Gasteiger partial charge on any atom is -0.691 e. The molecule has 1 aliphatic rings. The normalized spacial score (nSPS) is 15.5. The van der Waals surface area contributed by atoms with E-state index < -0.39 is 0 Å². The molecule has 2 heterocycles.